The van der Waals surface area contributed by atoms with Crippen LogP contribution in [-0.2, 0) is 19.9 Å². The van der Waals surface area contributed by atoms with Crippen LogP contribution in [0, 0.1) is 13.8 Å². The van der Waals surface area contributed by atoms with E-state index < -0.39 is 31.3 Å². The van der Waals surface area contributed by atoms with Crippen LogP contribution in [0.4, 0.5) is 0 Å². The quantitative estimate of drug-likeness (QED) is 0.580. The van der Waals surface area contributed by atoms with E-state index in [0.29, 0.717) is 5.56 Å². The summed E-state index contributed by atoms with van der Waals surface area (Å²) in [4.78, 5) is 0.210. The van der Waals surface area contributed by atoms with Crippen LogP contribution >= 0.6 is 0 Å². The van der Waals surface area contributed by atoms with Crippen molar-refractivity contribution in [2.45, 2.75) is 35.1 Å². The summed E-state index contributed by atoms with van der Waals surface area (Å²) in [7, 11) is -7.86. The number of nitrogens with zero attached hydrogens (tertiary/aromatic N) is 1. The van der Waals surface area contributed by atoms with Crippen molar-refractivity contribution >= 4 is 19.9 Å². The van der Waals surface area contributed by atoms with Gasteiger partial charge in [-0.2, -0.15) is 4.31 Å². The van der Waals surface area contributed by atoms with E-state index in [-0.39, 0.29) is 9.79 Å². The molecule has 0 spiro atoms. The molecule has 1 saturated heterocycles. The number of sulfone groups is 1. The number of aryl methyl sites for hydroxylation is 2. The SMILES string of the molecule is Cc1ccc(S(=O)(=O)[C@H]2[C@@H](c3ccccc3)N2S(=O)(=O)c2ccc(C)cc2)cc1. The third-order valence-corrected chi connectivity index (χ3v) is 9.17. The van der Waals surface area contributed by atoms with Gasteiger partial charge in [-0.3, -0.25) is 0 Å². The number of sulfonamides is 1. The van der Waals surface area contributed by atoms with Crippen molar-refractivity contribution in [3.63, 3.8) is 0 Å². The Labute approximate surface area is 171 Å². The summed E-state index contributed by atoms with van der Waals surface area (Å²) < 4.78 is 54.3. The van der Waals surface area contributed by atoms with Gasteiger partial charge in [0.15, 0.2) is 15.2 Å². The highest BCUT2D eigenvalue weighted by Gasteiger charge is 2.63. The second-order valence-corrected chi connectivity index (χ2v) is 11.1. The van der Waals surface area contributed by atoms with E-state index in [2.05, 4.69) is 0 Å². The smallest absolute Gasteiger partial charge is 0.222 e. The summed E-state index contributed by atoms with van der Waals surface area (Å²) in [6.45, 7) is 3.74. The number of benzene rings is 3. The average molecular weight is 428 g/mol. The molecule has 7 heteroatoms. The van der Waals surface area contributed by atoms with E-state index >= 15 is 0 Å². The van der Waals surface area contributed by atoms with Crippen LogP contribution in [0.1, 0.15) is 22.7 Å². The Morgan fingerprint density at radius 2 is 1.14 bits per heavy atom. The molecule has 29 heavy (non-hydrogen) atoms. The van der Waals surface area contributed by atoms with Crippen LogP contribution in [0.15, 0.2) is 88.7 Å². The molecule has 3 aromatic carbocycles. The molecule has 0 bridgehead atoms. The molecule has 3 atom stereocenters. The molecule has 0 radical (unpaired) electrons. The Hall–Kier alpha value is -2.48. The number of hydrogen-bond acceptors (Lipinski definition) is 4. The number of hydrogen-bond donors (Lipinski definition) is 0. The summed E-state index contributed by atoms with van der Waals surface area (Å²) in [6.07, 6.45) is 0. The van der Waals surface area contributed by atoms with E-state index in [1.54, 1.807) is 48.5 Å². The van der Waals surface area contributed by atoms with E-state index in [1.165, 1.54) is 24.3 Å². The Morgan fingerprint density at radius 1 is 0.655 bits per heavy atom. The first-order valence-corrected chi connectivity index (χ1v) is 12.2. The largest absolute Gasteiger partial charge is 0.244 e. The summed E-state index contributed by atoms with van der Waals surface area (Å²) >= 11 is 0. The molecule has 0 amide bonds. The highest BCUT2D eigenvalue weighted by molar-refractivity contribution is 7.95. The maximum Gasteiger partial charge on any atom is 0.244 e. The van der Waals surface area contributed by atoms with Gasteiger partial charge in [-0.25, -0.2) is 16.8 Å². The summed E-state index contributed by atoms with van der Waals surface area (Å²) in [5.41, 5.74) is 2.52. The lowest BCUT2D eigenvalue weighted by atomic mass is 10.2. The van der Waals surface area contributed by atoms with Gasteiger partial charge in [-0.1, -0.05) is 65.7 Å². The molecule has 0 aromatic heterocycles. The van der Waals surface area contributed by atoms with Crippen LogP contribution in [0.25, 0.3) is 0 Å². The molecule has 150 valence electrons. The Morgan fingerprint density at radius 3 is 1.66 bits per heavy atom. The van der Waals surface area contributed by atoms with Gasteiger partial charge in [0.1, 0.15) is 0 Å². The van der Waals surface area contributed by atoms with E-state index in [9.17, 15) is 16.8 Å². The molecule has 1 fully saturated rings. The lowest BCUT2D eigenvalue weighted by molar-refractivity contribution is 0.546. The van der Waals surface area contributed by atoms with E-state index in [1.807, 2.05) is 19.9 Å². The van der Waals surface area contributed by atoms with Crippen molar-refractivity contribution in [1.82, 2.24) is 4.31 Å². The molecule has 3 aromatic rings. The van der Waals surface area contributed by atoms with Crippen molar-refractivity contribution in [3.05, 3.63) is 95.6 Å². The van der Waals surface area contributed by atoms with Gasteiger partial charge in [-0.05, 0) is 43.7 Å². The molecule has 0 aliphatic carbocycles. The molecule has 5 nitrogen and oxygen atoms in total. The standard InChI is InChI=1S/C22H21NO4S2/c1-16-8-12-19(13-9-16)28(24,25)22-21(18-6-4-3-5-7-18)23(22)29(26,27)20-14-10-17(2)11-15-20/h3-15,21-22H,1-2H3/t21-,22+,23?/m1/s1. The Kier molecular flexibility index (Phi) is 4.85. The van der Waals surface area contributed by atoms with E-state index in [4.69, 9.17) is 0 Å². The zero-order chi connectivity index (χ0) is 20.8. The molecule has 4 rings (SSSR count). The predicted octanol–water partition coefficient (Wildman–Crippen LogP) is 3.85. The highest BCUT2D eigenvalue weighted by atomic mass is 32.2. The summed E-state index contributed by atoms with van der Waals surface area (Å²) in [6, 6.07) is 21.1. The zero-order valence-corrected chi connectivity index (χ0v) is 17.7. The van der Waals surface area contributed by atoms with Gasteiger partial charge in [0.05, 0.1) is 15.8 Å². The van der Waals surface area contributed by atoms with E-state index in [0.717, 1.165) is 15.4 Å². The third-order valence-electron chi connectivity index (χ3n) is 5.11. The fraction of sp³-hybridized carbons (Fsp3) is 0.182. The van der Waals surface area contributed by atoms with Crippen LogP contribution in [-0.4, -0.2) is 26.5 Å². The zero-order valence-electron chi connectivity index (χ0n) is 16.1. The van der Waals surface area contributed by atoms with Gasteiger partial charge in [0.2, 0.25) is 10.0 Å². The van der Waals surface area contributed by atoms with Crippen molar-refractivity contribution < 1.29 is 16.8 Å². The monoisotopic (exact) mass is 427 g/mol. The minimum Gasteiger partial charge on any atom is -0.222 e. The molecule has 0 saturated carbocycles. The second-order valence-electron chi connectivity index (χ2n) is 7.25. The first-order valence-electron chi connectivity index (χ1n) is 9.19. The molecular weight excluding hydrogens is 406 g/mol. The minimum absolute atomic E-state index is 0.0886. The van der Waals surface area contributed by atoms with Crippen molar-refractivity contribution in [1.29, 1.82) is 0 Å². The Balaban J connectivity index is 1.80. The minimum atomic E-state index is -3.97. The highest BCUT2D eigenvalue weighted by Crippen LogP contribution is 2.51. The lowest BCUT2D eigenvalue weighted by Gasteiger charge is -2.08. The molecule has 1 aliphatic rings. The lowest BCUT2D eigenvalue weighted by Crippen LogP contribution is -2.20. The fourth-order valence-corrected chi connectivity index (χ4v) is 7.55. The Bertz CT molecular complexity index is 1150. The van der Waals surface area contributed by atoms with Gasteiger partial charge in [0.25, 0.3) is 0 Å². The molecule has 1 unspecified atom stereocenters. The topological polar surface area (TPSA) is 71.3 Å². The van der Waals surface area contributed by atoms with Crippen LogP contribution in [0.2, 0.25) is 0 Å². The molecule has 0 N–H and O–H groups in total. The maximum absolute atomic E-state index is 13.3. The number of rotatable bonds is 5. The first-order chi connectivity index (χ1) is 13.7. The predicted molar refractivity (Wildman–Crippen MR) is 112 cm³/mol. The maximum atomic E-state index is 13.3. The summed E-state index contributed by atoms with van der Waals surface area (Å²) in [5.74, 6) is 0. The van der Waals surface area contributed by atoms with Crippen LogP contribution < -0.4 is 0 Å². The van der Waals surface area contributed by atoms with Gasteiger partial charge in [0, 0.05) is 0 Å². The molecular formula is C22H21NO4S2. The second kappa shape index (κ2) is 7.09. The van der Waals surface area contributed by atoms with Gasteiger partial charge in [-0.15, -0.1) is 0 Å². The molecule has 1 aliphatic heterocycles. The molecule has 1 heterocycles. The summed E-state index contributed by atoms with van der Waals surface area (Å²) in [5, 5.41) is -1.17. The average Bonchev–Trinajstić information content (AvgIpc) is 3.47. The van der Waals surface area contributed by atoms with Crippen LogP contribution in [0.5, 0.6) is 0 Å². The normalized spacial score (nSPS) is 21.7. The van der Waals surface area contributed by atoms with Crippen molar-refractivity contribution in [2.24, 2.45) is 0 Å². The van der Waals surface area contributed by atoms with Gasteiger partial charge < -0.3 is 0 Å². The fourth-order valence-electron chi connectivity index (χ4n) is 3.44. The van der Waals surface area contributed by atoms with Crippen molar-refractivity contribution in [3.8, 4) is 0 Å². The first kappa shape index (κ1) is 19.8. The third kappa shape index (κ3) is 3.50. The van der Waals surface area contributed by atoms with Crippen LogP contribution in [0.3, 0.4) is 0 Å². The van der Waals surface area contributed by atoms with Crippen molar-refractivity contribution in [2.75, 3.05) is 0 Å². The van der Waals surface area contributed by atoms with Gasteiger partial charge >= 0.3 is 0 Å².